The summed E-state index contributed by atoms with van der Waals surface area (Å²) in [7, 11) is 0. The number of thioether (sulfide) groups is 1. The second-order valence-electron chi connectivity index (χ2n) is 6.51. The molecule has 0 fully saturated rings. The van der Waals surface area contributed by atoms with Crippen molar-refractivity contribution in [3.63, 3.8) is 0 Å². The molecule has 27 heavy (non-hydrogen) atoms. The fourth-order valence-electron chi connectivity index (χ4n) is 2.11. The van der Waals surface area contributed by atoms with Gasteiger partial charge in [-0.15, -0.1) is 11.8 Å². The molecule has 0 radical (unpaired) electrons. The Morgan fingerprint density at radius 3 is 2.15 bits per heavy atom. The molecule has 2 aromatic rings. The van der Waals surface area contributed by atoms with Gasteiger partial charge in [-0.25, -0.2) is 4.79 Å². The van der Waals surface area contributed by atoms with Crippen molar-refractivity contribution >= 4 is 40.8 Å². The first-order chi connectivity index (χ1) is 12.5. The van der Waals surface area contributed by atoms with Gasteiger partial charge in [0.2, 0.25) is 0 Å². The number of urea groups is 1. The minimum atomic E-state index is -4.59. The van der Waals surface area contributed by atoms with E-state index in [1.54, 1.807) is 23.9 Å². The molecule has 2 N–H and O–H groups in total. The van der Waals surface area contributed by atoms with Crippen LogP contribution in [0.25, 0.3) is 0 Å². The van der Waals surface area contributed by atoms with Crippen molar-refractivity contribution in [1.29, 1.82) is 0 Å². The van der Waals surface area contributed by atoms with E-state index in [-0.39, 0.29) is 10.4 Å². The first-order valence-corrected chi connectivity index (χ1v) is 9.43. The number of anilines is 2. The van der Waals surface area contributed by atoms with Crippen molar-refractivity contribution in [2.75, 3.05) is 10.6 Å². The smallest absolute Gasteiger partial charge is 0.308 e. The molecule has 0 aliphatic rings. The number of benzene rings is 2. The van der Waals surface area contributed by atoms with Crippen molar-refractivity contribution in [2.45, 2.75) is 43.0 Å². The van der Waals surface area contributed by atoms with Gasteiger partial charge in [0.15, 0.2) is 0 Å². The van der Waals surface area contributed by atoms with Crippen molar-refractivity contribution in [3.05, 3.63) is 53.1 Å². The molecule has 0 heterocycles. The molecule has 0 unspecified atom stereocenters. The molecule has 0 aromatic heterocycles. The number of carbonyl (C=O) groups is 1. The molecule has 2 rings (SSSR count). The summed E-state index contributed by atoms with van der Waals surface area (Å²) in [6.45, 7) is 6.42. The van der Waals surface area contributed by atoms with E-state index >= 15 is 0 Å². The predicted octanol–water partition coefficient (Wildman–Crippen LogP) is 7.28. The Bertz CT molecular complexity index is 808. The Hall–Kier alpha value is -1.86. The average molecular weight is 417 g/mol. The highest BCUT2D eigenvalue weighted by molar-refractivity contribution is 8.00. The van der Waals surface area contributed by atoms with E-state index in [1.807, 2.05) is 12.1 Å². The Labute approximate surface area is 165 Å². The van der Waals surface area contributed by atoms with Crippen LogP contribution in [0.4, 0.5) is 29.3 Å². The molecule has 2 aromatic carbocycles. The summed E-state index contributed by atoms with van der Waals surface area (Å²) in [5.41, 5.74) is -0.459. The number of nitrogens with one attached hydrogen (secondary N) is 2. The van der Waals surface area contributed by atoms with E-state index < -0.39 is 22.8 Å². The fourth-order valence-corrected chi connectivity index (χ4v) is 3.39. The third kappa shape index (κ3) is 6.36. The molecule has 0 aliphatic heterocycles. The van der Waals surface area contributed by atoms with Gasteiger partial charge < -0.3 is 10.6 Å². The summed E-state index contributed by atoms with van der Waals surface area (Å²) < 4.78 is 38.7. The molecule has 0 bridgehead atoms. The minimum absolute atomic E-state index is 0.00101. The van der Waals surface area contributed by atoms with E-state index in [0.29, 0.717) is 5.69 Å². The van der Waals surface area contributed by atoms with Crippen LogP contribution >= 0.6 is 23.4 Å². The van der Waals surface area contributed by atoms with Crippen LogP contribution in [-0.4, -0.2) is 10.8 Å². The monoisotopic (exact) mass is 416 g/mol. The van der Waals surface area contributed by atoms with E-state index in [0.717, 1.165) is 23.4 Å². The van der Waals surface area contributed by atoms with Gasteiger partial charge in [-0.3, -0.25) is 0 Å². The molecule has 0 saturated heterocycles. The van der Waals surface area contributed by atoms with Crippen LogP contribution < -0.4 is 10.6 Å². The molecular formula is C19H20ClF3N2OS. The van der Waals surface area contributed by atoms with Crippen LogP contribution in [-0.2, 0) is 6.18 Å². The number of alkyl halides is 3. The van der Waals surface area contributed by atoms with Crippen molar-refractivity contribution in [1.82, 2.24) is 0 Å². The maximum Gasteiger partial charge on any atom is 0.417 e. The predicted molar refractivity (Wildman–Crippen MR) is 106 cm³/mol. The van der Waals surface area contributed by atoms with Crippen LogP contribution in [0.1, 0.15) is 32.8 Å². The molecule has 0 spiro atoms. The van der Waals surface area contributed by atoms with E-state index in [1.165, 1.54) is 6.07 Å². The highest BCUT2D eigenvalue weighted by atomic mass is 35.5. The van der Waals surface area contributed by atoms with Crippen LogP contribution in [0, 0.1) is 0 Å². The molecule has 3 nitrogen and oxygen atoms in total. The topological polar surface area (TPSA) is 41.1 Å². The summed E-state index contributed by atoms with van der Waals surface area (Å²) in [6.07, 6.45) is -3.58. The van der Waals surface area contributed by atoms with Gasteiger partial charge in [0.1, 0.15) is 0 Å². The SMILES string of the molecule is CCC(C)(C)Sc1ccc(NC(=O)Nc2ccc(Cl)c(C(F)(F)F)c2)cc1. The summed E-state index contributed by atoms with van der Waals surface area (Å²) in [5, 5.41) is 4.55. The minimum Gasteiger partial charge on any atom is -0.308 e. The van der Waals surface area contributed by atoms with E-state index in [4.69, 9.17) is 11.6 Å². The van der Waals surface area contributed by atoms with Crippen molar-refractivity contribution in [3.8, 4) is 0 Å². The second kappa shape index (κ2) is 8.44. The molecule has 8 heteroatoms. The lowest BCUT2D eigenvalue weighted by Gasteiger charge is -2.21. The average Bonchev–Trinajstić information content (AvgIpc) is 2.57. The zero-order valence-electron chi connectivity index (χ0n) is 15.1. The molecule has 0 aliphatic carbocycles. The highest BCUT2D eigenvalue weighted by Gasteiger charge is 2.33. The van der Waals surface area contributed by atoms with Crippen LogP contribution in [0.15, 0.2) is 47.4 Å². The summed E-state index contributed by atoms with van der Waals surface area (Å²) >= 11 is 7.30. The van der Waals surface area contributed by atoms with Crippen molar-refractivity contribution in [2.24, 2.45) is 0 Å². The largest absolute Gasteiger partial charge is 0.417 e. The first-order valence-electron chi connectivity index (χ1n) is 8.24. The Morgan fingerprint density at radius 2 is 1.59 bits per heavy atom. The van der Waals surface area contributed by atoms with Gasteiger partial charge in [-0.05, 0) is 48.9 Å². The number of hydrogen-bond acceptors (Lipinski definition) is 2. The second-order valence-corrected chi connectivity index (χ2v) is 8.70. The lowest BCUT2D eigenvalue weighted by Crippen LogP contribution is -2.20. The van der Waals surface area contributed by atoms with Gasteiger partial charge >= 0.3 is 12.2 Å². The van der Waals surface area contributed by atoms with Crippen LogP contribution in [0.3, 0.4) is 0 Å². The maximum absolute atomic E-state index is 12.9. The van der Waals surface area contributed by atoms with Gasteiger partial charge in [-0.2, -0.15) is 13.2 Å². The third-order valence-electron chi connectivity index (χ3n) is 3.89. The molecular weight excluding hydrogens is 397 g/mol. The van der Waals surface area contributed by atoms with E-state index in [9.17, 15) is 18.0 Å². The molecule has 2 amide bonds. The number of hydrogen-bond donors (Lipinski definition) is 2. The normalized spacial score (nSPS) is 12.0. The fraction of sp³-hybridized carbons (Fsp3) is 0.316. The van der Waals surface area contributed by atoms with Crippen LogP contribution in [0.2, 0.25) is 5.02 Å². The quantitative estimate of drug-likeness (QED) is 0.502. The van der Waals surface area contributed by atoms with E-state index in [2.05, 4.69) is 31.4 Å². The molecule has 0 saturated carbocycles. The van der Waals surface area contributed by atoms with Gasteiger partial charge in [0.05, 0.1) is 10.6 Å². The summed E-state index contributed by atoms with van der Waals surface area (Å²) in [4.78, 5) is 13.1. The standard InChI is InChI=1S/C19H20ClF3N2OS/c1-4-18(2,3)27-14-8-5-12(6-9-14)24-17(26)25-13-7-10-16(20)15(11-13)19(21,22)23/h5-11H,4H2,1-3H3,(H2,24,25,26). The maximum atomic E-state index is 12.9. The van der Waals surface area contributed by atoms with Gasteiger partial charge in [-0.1, -0.05) is 32.4 Å². The lowest BCUT2D eigenvalue weighted by molar-refractivity contribution is -0.137. The molecule has 146 valence electrons. The first kappa shape index (κ1) is 21.4. The third-order valence-corrected chi connectivity index (χ3v) is 5.57. The number of halogens is 4. The molecule has 0 atom stereocenters. The van der Waals surface area contributed by atoms with Crippen LogP contribution in [0.5, 0.6) is 0 Å². The lowest BCUT2D eigenvalue weighted by atomic mass is 10.1. The van der Waals surface area contributed by atoms with Gasteiger partial charge in [0, 0.05) is 21.0 Å². The number of rotatable bonds is 5. The van der Waals surface area contributed by atoms with Gasteiger partial charge in [0.25, 0.3) is 0 Å². The number of carbonyl (C=O) groups excluding carboxylic acids is 1. The summed E-state index contributed by atoms with van der Waals surface area (Å²) in [5.74, 6) is 0. The Balaban J connectivity index is 2.02. The van der Waals surface area contributed by atoms with Crippen molar-refractivity contribution < 1.29 is 18.0 Å². The summed E-state index contributed by atoms with van der Waals surface area (Å²) in [6, 6.07) is 9.84. The highest BCUT2D eigenvalue weighted by Crippen LogP contribution is 2.36. The zero-order valence-corrected chi connectivity index (χ0v) is 16.6. The Morgan fingerprint density at radius 1 is 1.04 bits per heavy atom. The number of amides is 2. The zero-order chi connectivity index (χ0) is 20.2. The Kier molecular flexibility index (Phi) is 6.70.